The molecule has 2 saturated heterocycles. The zero-order valence-corrected chi connectivity index (χ0v) is 35.0. The predicted octanol–water partition coefficient (Wildman–Crippen LogP) is 6.87. The molecule has 0 unspecified atom stereocenters. The van der Waals surface area contributed by atoms with Crippen molar-refractivity contribution in [2.75, 3.05) is 33.9 Å². The molecule has 4 aromatic carbocycles. The Morgan fingerprint density at radius 3 is 1.92 bits per heavy atom. The second kappa shape index (κ2) is 19.0. The summed E-state index contributed by atoms with van der Waals surface area (Å²) in [6.45, 7) is 1.30. The number of H-pyrrole nitrogens is 1. The van der Waals surface area contributed by atoms with Crippen LogP contribution in [-0.4, -0.2) is 94.6 Å². The molecule has 63 heavy (non-hydrogen) atoms. The van der Waals surface area contributed by atoms with Crippen LogP contribution in [0.15, 0.2) is 122 Å². The average Bonchev–Trinajstić information content (AvgIpc) is 4.14. The molecule has 322 valence electrons. The number of hydrogen-bond donors (Lipinski definition) is 4. The highest BCUT2D eigenvalue weighted by Gasteiger charge is 2.38. The van der Waals surface area contributed by atoms with Gasteiger partial charge in [-0.15, -0.1) is 0 Å². The molecule has 8 rings (SSSR count). The Bertz CT molecular complexity index is 2600. The van der Waals surface area contributed by atoms with E-state index in [9.17, 15) is 24.0 Å². The number of carbonyl (C=O) groups is 5. The summed E-state index contributed by atoms with van der Waals surface area (Å²) in [5, 5.41) is 9.17. The monoisotopic (exact) mass is 848 g/mol. The first kappa shape index (κ1) is 42.2. The van der Waals surface area contributed by atoms with Gasteiger partial charge >= 0.3 is 12.2 Å². The predicted molar refractivity (Wildman–Crippen MR) is 235 cm³/mol. The van der Waals surface area contributed by atoms with Gasteiger partial charge in [0.1, 0.15) is 17.9 Å². The number of aromatic nitrogens is 3. The third-order valence-electron chi connectivity index (χ3n) is 11.7. The van der Waals surface area contributed by atoms with Crippen molar-refractivity contribution in [2.24, 2.45) is 0 Å². The Morgan fingerprint density at radius 1 is 0.683 bits per heavy atom. The summed E-state index contributed by atoms with van der Waals surface area (Å²) in [7, 11) is 2.53. The van der Waals surface area contributed by atoms with E-state index < -0.39 is 24.3 Å². The fourth-order valence-corrected chi connectivity index (χ4v) is 8.44. The number of amides is 5. The summed E-state index contributed by atoms with van der Waals surface area (Å²) in [5.41, 5.74) is 6.12. The van der Waals surface area contributed by atoms with Crippen molar-refractivity contribution in [3.63, 3.8) is 0 Å². The highest BCUT2D eigenvalue weighted by atomic mass is 16.5. The van der Waals surface area contributed by atoms with Crippen LogP contribution in [0.1, 0.15) is 71.1 Å². The van der Waals surface area contributed by atoms with E-state index >= 15 is 0 Å². The standard InChI is InChI=1S/C48H48N8O7/c1-62-47(60)53-41(32-11-5-3-6-12-32)45(58)55-23-9-15-37(55)28-51-44(57)36-25-35-22-21-34(26-38(35)49-27-36)30-17-19-31(20-18-30)39-29-50-43(52-39)40-16-10-24-56(40)46(59)42(54-48(61)63-2)33-13-7-4-8-14-33/h3-8,11-14,17-22,25-27,29,37,40-42H,9-10,15-16,23-24,28H2,1-2H3,(H,50,52)(H,51,57)(H,53,60)(H,54,61)/t37-,40-,41+,42+/m0/s1. The Kier molecular flexibility index (Phi) is 12.7. The second-order valence-electron chi connectivity index (χ2n) is 15.6. The zero-order valence-electron chi connectivity index (χ0n) is 35.0. The van der Waals surface area contributed by atoms with E-state index in [1.165, 1.54) is 14.2 Å². The normalized spacial score (nSPS) is 16.9. The van der Waals surface area contributed by atoms with Crippen LogP contribution in [0.5, 0.6) is 0 Å². The van der Waals surface area contributed by atoms with Crippen molar-refractivity contribution < 1.29 is 33.4 Å². The summed E-state index contributed by atoms with van der Waals surface area (Å²) in [6.07, 6.45) is 4.96. The van der Waals surface area contributed by atoms with Crippen molar-refractivity contribution in [1.82, 2.24) is 40.7 Å². The molecule has 15 nitrogen and oxygen atoms in total. The Balaban J connectivity index is 0.901. The fourth-order valence-electron chi connectivity index (χ4n) is 8.44. The fraction of sp³-hybridized carbons (Fsp3) is 0.271. The van der Waals surface area contributed by atoms with Gasteiger partial charge in [0.05, 0.1) is 43.2 Å². The lowest BCUT2D eigenvalue weighted by Crippen LogP contribution is -2.48. The number of nitrogens with one attached hydrogen (secondary N) is 4. The maximum Gasteiger partial charge on any atom is 0.407 e. The lowest BCUT2D eigenvalue weighted by atomic mass is 10.0. The van der Waals surface area contributed by atoms with Crippen LogP contribution in [0, 0.1) is 0 Å². The van der Waals surface area contributed by atoms with Crippen LogP contribution >= 0.6 is 0 Å². The summed E-state index contributed by atoms with van der Waals surface area (Å²) in [6, 6.07) is 31.6. The summed E-state index contributed by atoms with van der Waals surface area (Å²) in [4.78, 5) is 81.7. The minimum Gasteiger partial charge on any atom is -0.453 e. The topological polar surface area (TPSA) is 188 Å². The van der Waals surface area contributed by atoms with Crippen molar-refractivity contribution in [3.05, 3.63) is 144 Å². The Hall–Kier alpha value is -7.55. The van der Waals surface area contributed by atoms with Gasteiger partial charge in [-0.2, -0.15) is 0 Å². The maximum atomic E-state index is 13.9. The molecule has 15 heteroatoms. The third-order valence-corrected chi connectivity index (χ3v) is 11.7. The number of fused-ring (bicyclic) bond motifs is 1. The van der Waals surface area contributed by atoms with Crippen molar-refractivity contribution in [1.29, 1.82) is 0 Å². The molecule has 2 aliphatic heterocycles. The van der Waals surface area contributed by atoms with E-state index in [-0.39, 0.29) is 36.3 Å². The van der Waals surface area contributed by atoms with Crippen LogP contribution < -0.4 is 16.0 Å². The van der Waals surface area contributed by atoms with Crippen molar-refractivity contribution >= 4 is 40.8 Å². The first-order valence-electron chi connectivity index (χ1n) is 20.9. The Labute approximate surface area is 364 Å². The molecule has 4 atom stereocenters. The van der Waals surface area contributed by atoms with Crippen LogP contribution in [0.25, 0.3) is 33.3 Å². The first-order valence-corrected chi connectivity index (χ1v) is 20.9. The highest BCUT2D eigenvalue weighted by molar-refractivity contribution is 5.98. The summed E-state index contributed by atoms with van der Waals surface area (Å²) in [5.74, 6) is -0.108. The minimum atomic E-state index is -0.917. The number of alkyl carbamates (subject to hydrolysis) is 2. The van der Waals surface area contributed by atoms with Gasteiger partial charge in [-0.1, -0.05) is 97.1 Å². The van der Waals surface area contributed by atoms with E-state index in [0.29, 0.717) is 42.0 Å². The van der Waals surface area contributed by atoms with Gasteiger partial charge in [0.15, 0.2) is 0 Å². The van der Waals surface area contributed by atoms with Crippen molar-refractivity contribution in [2.45, 2.75) is 49.9 Å². The number of rotatable bonds is 12. The maximum absolute atomic E-state index is 13.9. The molecule has 4 heterocycles. The molecule has 0 bridgehead atoms. The van der Waals surface area contributed by atoms with Gasteiger partial charge in [0.25, 0.3) is 11.8 Å². The van der Waals surface area contributed by atoms with Gasteiger partial charge in [-0.3, -0.25) is 19.4 Å². The number of carbonyl (C=O) groups excluding carboxylic acids is 5. The summed E-state index contributed by atoms with van der Waals surface area (Å²) < 4.78 is 9.61. The molecule has 0 spiro atoms. The number of methoxy groups -OCH3 is 2. The van der Waals surface area contributed by atoms with Gasteiger partial charge in [0, 0.05) is 37.3 Å². The van der Waals surface area contributed by atoms with Crippen LogP contribution in [-0.2, 0) is 19.1 Å². The smallest absolute Gasteiger partial charge is 0.407 e. The SMILES string of the molecule is COC(=O)N[C@@H](C(=O)N1CCC[C@H]1CNC(=O)c1cnc2cc(-c3ccc(-c4cnc([C@@H]5CCCN5C(=O)[C@H](NC(=O)OC)c5ccccc5)[nH]4)cc3)ccc2c1)c1ccccc1. The van der Waals surface area contributed by atoms with E-state index in [1.807, 2.05) is 66.7 Å². The lowest BCUT2D eigenvalue weighted by Gasteiger charge is -2.29. The number of nitrogens with zero attached hydrogens (tertiary/aromatic N) is 4. The number of likely N-dealkylation sites (tertiary alicyclic amines) is 2. The molecule has 2 fully saturated rings. The largest absolute Gasteiger partial charge is 0.453 e. The number of pyridine rings is 1. The van der Waals surface area contributed by atoms with Crippen LogP contribution in [0.3, 0.4) is 0 Å². The minimum absolute atomic E-state index is 0.229. The van der Waals surface area contributed by atoms with E-state index in [4.69, 9.17) is 9.47 Å². The molecular formula is C48H48N8O7. The first-order chi connectivity index (χ1) is 30.7. The molecule has 0 radical (unpaired) electrons. The molecule has 2 aliphatic rings. The number of benzene rings is 4. The van der Waals surface area contributed by atoms with Gasteiger partial charge in [0.2, 0.25) is 5.91 Å². The van der Waals surface area contributed by atoms with E-state index in [2.05, 4.69) is 30.9 Å². The van der Waals surface area contributed by atoms with Crippen molar-refractivity contribution in [3.8, 4) is 22.4 Å². The summed E-state index contributed by atoms with van der Waals surface area (Å²) >= 11 is 0. The third kappa shape index (κ3) is 9.37. The second-order valence-corrected chi connectivity index (χ2v) is 15.6. The number of ether oxygens (including phenoxy) is 2. The quantitative estimate of drug-likeness (QED) is 0.102. The zero-order chi connectivity index (χ0) is 43.9. The molecule has 6 aromatic rings. The average molecular weight is 849 g/mol. The van der Waals surface area contributed by atoms with Crippen LogP contribution in [0.4, 0.5) is 9.59 Å². The molecule has 0 saturated carbocycles. The van der Waals surface area contributed by atoms with Gasteiger partial charge in [-0.05, 0) is 65.6 Å². The van der Waals surface area contributed by atoms with Crippen LogP contribution in [0.2, 0.25) is 0 Å². The number of hydrogen-bond acceptors (Lipinski definition) is 9. The molecule has 5 amide bonds. The lowest BCUT2D eigenvalue weighted by molar-refractivity contribution is -0.135. The van der Waals surface area contributed by atoms with Gasteiger partial charge < -0.3 is 40.2 Å². The Morgan fingerprint density at radius 2 is 1.27 bits per heavy atom. The number of aromatic amines is 1. The molecular weight excluding hydrogens is 801 g/mol. The van der Waals surface area contributed by atoms with E-state index in [0.717, 1.165) is 52.5 Å². The number of imidazole rings is 1. The van der Waals surface area contributed by atoms with Gasteiger partial charge in [-0.25, -0.2) is 14.6 Å². The molecule has 0 aliphatic carbocycles. The highest BCUT2D eigenvalue weighted by Crippen LogP contribution is 2.35. The molecule has 4 N–H and O–H groups in total. The molecule has 2 aromatic heterocycles. The van der Waals surface area contributed by atoms with E-state index in [1.54, 1.807) is 64.7 Å².